The lowest BCUT2D eigenvalue weighted by atomic mass is 9.99. The van der Waals surface area contributed by atoms with Crippen LogP contribution in [-0.4, -0.2) is 48.7 Å². The van der Waals surface area contributed by atoms with Gasteiger partial charge < -0.3 is 10.1 Å². The Hall–Kier alpha value is -0.870. The van der Waals surface area contributed by atoms with E-state index in [9.17, 15) is 0 Å². The van der Waals surface area contributed by atoms with Crippen LogP contribution in [0.5, 0.6) is 0 Å². The van der Waals surface area contributed by atoms with Gasteiger partial charge in [0.2, 0.25) is 5.90 Å². The lowest BCUT2D eigenvalue weighted by Crippen LogP contribution is -2.50. The lowest BCUT2D eigenvalue weighted by Gasteiger charge is -2.42. The van der Waals surface area contributed by atoms with Crippen LogP contribution in [-0.2, 0) is 4.74 Å². The molecule has 1 fully saturated rings. The molecular formula is C14H25N3O. The lowest BCUT2D eigenvalue weighted by molar-refractivity contribution is 0.0808. The number of fused-ring (bicyclic) bond motifs is 1. The number of hydrogen-bond donors (Lipinski definition) is 1. The molecular weight excluding hydrogens is 226 g/mol. The third-order valence-electron chi connectivity index (χ3n) is 3.77. The summed E-state index contributed by atoms with van der Waals surface area (Å²) in [6.45, 7) is 12.3. The molecule has 0 spiro atoms. The highest BCUT2D eigenvalue weighted by Gasteiger charge is 2.35. The van der Waals surface area contributed by atoms with Gasteiger partial charge in [0.1, 0.15) is 12.3 Å². The maximum Gasteiger partial charge on any atom is 0.214 e. The van der Waals surface area contributed by atoms with Gasteiger partial charge in [-0.3, -0.25) is 4.90 Å². The summed E-state index contributed by atoms with van der Waals surface area (Å²) in [6, 6.07) is 0.489. The van der Waals surface area contributed by atoms with E-state index in [0.29, 0.717) is 12.6 Å². The summed E-state index contributed by atoms with van der Waals surface area (Å²) in [5.74, 6) is 0.841. The van der Waals surface area contributed by atoms with Crippen molar-refractivity contribution in [3.63, 3.8) is 0 Å². The maximum atomic E-state index is 5.77. The molecule has 2 aliphatic rings. The number of ether oxygens (including phenoxy) is 1. The standard InChI is InChI=1S/C14H25N3O/c1-5-17(11(2)3)14(4)7-6-12-10-15-8-9-18-13(12)16-14/h6,11,15H,5,7-10H2,1-4H3. The molecule has 102 valence electrons. The van der Waals surface area contributed by atoms with Crippen molar-refractivity contribution >= 4 is 5.90 Å². The zero-order valence-corrected chi connectivity index (χ0v) is 12.0. The van der Waals surface area contributed by atoms with Crippen molar-refractivity contribution in [2.45, 2.75) is 45.8 Å². The van der Waals surface area contributed by atoms with Crippen molar-refractivity contribution in [1.82, 2.24) is 10.2 Å². The Kier molecular flexibility index (Phi) is 4.07. The monoisotopic (exact) mass is 251 g/mol. The van der Waals surface area contributed by atoms with Crippen molar-refractivity contribution in [2.24, 2.45) is 4.99 Å². The Bertz CT molecular complexity index is 362. The third-order valence-corrected chi connectivity index (χ3v) is 3.77. The summed E-state index contributed by atoms with van der Waals surface area (Å²) < 4.78 is 5.77. The number of nitrogens with one attached hydrogen (secondary N) is 1. The highest BCUT2D eigenvalue weighted by atomic mass is 16.5. The molecule has 1 saturated heterocycles. The van der Waals surface area contributed by atoms with E-state index < -0.39 is 0 Å². The minimum atomic E-state index is -0.161. The SMILES string of the molecule is CCN(C(C)C)C1(C)CC=C2CNCCOC2=N1. The van der Waals surface area contributed by atoms with E-state index in [-0.39, 0.29) is 5.66 Å². The van der Waals surface area contributed by atoms with Crippen molar-refractivity contribution in [2.75, 3.05) is 26.2 Å². The van der Waals surface area contributed by atoms with Crippen LogP contribution >= 0.6 is 0 Å². The van der Waals surface area contributed by atoms with E-state index in [2.05, 4.69) is 44.0 Å². The van der Waals surface area contributed by atoms with Crippen LogP contribution in [0.2, 0.25) is 0 Å². The van der Waals surface area contributed by atoms with Crippen LogP contribution in [0.3, 0.4) is 0 Å². The molecule has 0 bridgehead atoms. The van der Waals surface area contributed by atoms with Gasteiger partial charge in [-0.15, -0.1) is 0 Å². The molecule has 2 aliphatic heterocycles. The Morgan fingerprint density at radius 1 is 1.56 bits per heavy atom. The zero-order valence-electron chi connectivity index (χ0n) is 12.0. The predicted molar refractivity (Wildman–Crippen MR) is 74.9 cm³/mol. The molecule has 0 aromatic carbocycles. The average molecular weight is 251 g/mol. The first kappa shape index (κ1) is 13.6. The molecule has 0 aromatic heterocycles. The molecule has 0 radical (unpaired) electrons. The van der Waals surface area contributed by atoms with Crippen LogP contribution < -0.4 is 5.32 Å². The number of nitrogens with zero attached hydrogens (tertiary/aromatic N) is 2. The van der Waals surface area contributed by atoms with Gasteiger partial charge >= 0.3 is 0 Å². The van der Waals surface area contributed by atoms with Crippen molar-refractivity contribution < 1.29 is 4.74 Å². The smallest absolute Gasteiger partial charge is 0.214 e. The van der Waals surface area contributed by atoms with Crippen LogP contribution in [0.1, 0.15) is 34.1 Å². The Balaban J connectivity index is 2.24. The number of rotatable bonds is 3. The maximum absolute atomic E-state index is 5.77. The van der Waals surface area contributed by atoms with E-state index >= 15 is 0 Å². The largest absolute Gasteiger partial charge is 0.476 e. The molecule has 0 amide bonds. The fourth-order valence-electron chi connectivity index (χ4n) is 2.90. The Morgan fingerprint density at radius 3 is 3.00 bits per heavy atom. The first-order chi connectivity index (χ1) is 8.57. The fraction of sp³-hybridized carbons (Fsp3) is 0.786. The summed E-state index contributed by atoms with van der Waals surface area (Å²) in [7, 11) is 0. The van der Waals surface area contributed by atoms with Crippen LogP contribution in [0.15, 0.2) is 16.6 Å². The predicted octanol–water partition coefficient (Wildman–Crippen LogP) is 1.78. The van der Waals surface area contributed by atoms with Crippen LogP contribution in [0.25, 0.3) is 0 Å². The second kappa shape index (κ2) is 5.41. The van der Waals surface area contributed by atoms with E-state index in [1.54, 1.807) is 0 Å². The minimum Gasteiger partial charge on any atom is -0.476 e. The van der Waals surface area contributed by atoms with Gasteiger partial charge in [-0.05, 0) is 27.3 Å². The number of dihydropyridines is 1. The Labute approximate surface area is 110 Å². The summed E-state index contributed by atoms with van der Waals surface area (Å²) in [5.41, 5.74) is 1.05. The molecule has 1 unspecified atom stereocenters. The van der Waals surface area contributed by atoms with Gasteiger partial charge in [0.15, 0.2) is 0 Å². The van der Waals surface area contributed by atoms with Gasteiger partial charge in [-0.2, -0.15) is 0 Å². The van der Waals surface area contributed by atoms with E-state index in [1.807, 2.05) is 0 Å². The van der Waals surface area contributed by atoms with E-state index in [4.69, 9.17) is 9.73 Å². The minimum absolute atomic E-state index is 0.161. The van der Waals surface area contributed by atoms with Crippen LogP contribution in [0, 0.1) is 0 Å². The van der Waals surface area contributed by atoms with E-state index in [0.717, 1.165) is 32.0 Å². The van der Waals surface area contributed by atoms with Gasteiger partial charge in [0, 0.05) is 31.1 Å². The summed E-state index contributed by atoms with van der Waals surface area (Å²) in [4.78, 5) is 7.33. The third kappa shape index (κ3) is 2.59. The number of hydrogen-bond acceptors (Lipinski definition) is 4. The molecule has 2 rings (SSSR count). The molecule has 1 N–H and O–H groups in total. The van der Waals surface area contributed by atoms with Gasteiger partial charge in [0.25, 0.3) is 0 Å². The second-order valence-electron chi connectivity index (χ2n) is 5.47. The number of aliphatic imine (C=N–C) groups is 1. The molecule has 4 heteroatoms. The Morgan fingerprint density at radius 2 is 2.33 bits per heavy atom. The molecule has 2 heterocycles. The molecule has 4 nitrogen and oxygen atoms in total. The molecule has 0 saturated carbocycles. The molecule has 0 aromatic rings. The normalized spacial score (nSPS) is 28.3. The van der Waals surface area contributed by atoms with Crippen molar-refractivity contribution in [1.29, 1.82) is 0 Å². The highest BCUT2D eigenvalue weighted by molar-refractivity contribution is 5.95. The summed E-state index contributed by atoms with van der Waals surface area (Å²) >= 11 is 0. The first-order valence-electron chi connectivity index (χ1n) is 6.96. The van der Waals surface area contributed by atoms with Crippen LogP contribution in [0.4, 0.5) is 0 Å². The molecule has 0 aliphatic carbocycles. The van der Waals surface area contributed by atoms with Crippen molar-refractivity contribution in [3.8, 4) is 0 Å². The highest BCUT2D eigenvalue weighted by Crippen LogP contribution is 2.29. The fourth-order valence-corrected chi connectivity index (χ4v) is 2.90. The topological polar surface area (TPSA) is 36.9 Å². The first-order valence-corrected chi connectivity index (χ1v) is 6.96. The van der Waals surface area contributed by atoms with Gasteiger partial charge in [-0.1, -0.05) is 13.0 Å². The average Bonchev–Trinajstić information content (AvgIpc) is 2.53. The second-order valence-corrected chi connectivity index (χ2v) is 5.47. The summed E-state index contributed by atoms with van der Waals surface area (Å²) in [6.07, 6.45) is 3.24. The summed E-state index contributed by atoms with van der Waals surface area (Å²) in [5, 5.41) is 3.35. The zero-order chi connectivity index (χ0) is 13.2. The van der Waals surface area contributed by atoms with Gasteiger partial charge in [0.05, 0.1) is 0 Å². The molecule has 18 heavy (non-hydrogen) atoms. The quantitative estimate of drug-likeness (QED) is 0.831. The molecule has 1 atom stereocenters. The van der Waals surface area contributed by atoms with Crippen molar-refractivity contribution in [3.05, 3.63) is 11.6 Å². The van der Waals surface area contributed by atoms with E-state index in [1.165, 1.54) is 5.57 Å². The van der Waals surface area contributed by atoms with Gasteiger partial charge in [-0.25, -0.2) is 4.99 Å².